The number of ether oxygens (including phenoxy) is 2. The molecule has 2 aromatic rings. The van der Waals surface area contributed by atoms with Gasteiger partial charge in [-0.15, -0.1) is 0 Å². The largest absolute Gasteiger partial charge is 0.491 e. The monoisotopic (exact) mass is 384 g/mol. The Labute approximate surface area is 166 Å². The lowest BCUT2D eigenvalue weighted by Crippen LogP contribution is -2.31. The molecule has 150 valence electrons. The number of amides is 2. The summed E-state index contributed by atoms with van der Waals surface area (Å²) in [5.41, 5.74) is 1.45. The minimum Gasteiger partial charge on any atom is -0.491 e. The highest BCUT2D eigenvalue weighted by Crippen LogP contribution is 2.17. The van der Waals surface area contributed by atoms with Crippen LogP contribution in [0.15, 0.2) is 48.5 Å². The van der Waals surface area contributed by atoms with Crippen LogP contribution in [0.1, 0.15) is 36.7 Å². The van der Waals surface area contributed by atoms with E-state index in [9.17, 15) is 9.59 Å². The van der Waals surface area contributed by atoms with E-state index in [1.165, 1.54) is 0 Å². The molecule has 0 aliphatic heterocycles. The van der Waals surface area contributed by atoms with Crippen molar-refractivity contribution in [1.82, 2.24) is 4.90 Å². The Kier molecular flexibility index (Phi) is 7.04. The molecule has 6 nitrogen and oxygen atoms in total. The molecule has 0 aliphatic rings. The lowest BCUT2D eigenvalue weighted by atomic mass is 10.1. The van der Waals surface area contributed by atoms with Gasteiger partial charge < -0.3 is 14.4 Å². The number of benzene rings is 2. The van der Waals surface area contributed by atoms with Crippen LogP contribution in [0.2, 0.25) is 0 Å². The first-order valence-electron chi connectivity index (χ1n) is 9.20. The predicted molar refractivity (Wildman–Crippen MR) is 110 cm³/mol. The van der Waals surface area contributed by atoms with E-state index in [0.717, 1.165) is 11.3 Å². The summed E-state index contributed by atoms with van der Waals surface area (Å²) in [6, 6.07) is 14.5. The second kappa shape index (κ2) is 9.26. The number of nitrogens with one attached hydrogen (secondary N) is 1. The maximum absolute atomic E-state index is 12.6. The zero-order valence-corrected chi connectivity index (χ0v) is 17.1. The molecule has 2 rings (SSSR count). The molecule has 6 heteroatoms. The van der Waals surface area contributed by atoms with Crippen molar-refractivity contribution in [3.05, 3.63) is 59.7 Å². The summed E-state index contributed by atoms with van der Waals surface area (Å²) in [5.74, 6) is 0.660. The van der Waals surface area contributed by atoms with E-state index in [1.54, 1.807) is 57.0 Å². The van der Waals surface area contributed by atoms with Gasteiger partial charge in [-0.25, -0.2) is 4.79 Å². The van der Waals surface area contributed by atoms with Crippen LogP contribution in [-0.2, 0) is 4.74 Å². The van der Waals surface area contributed by atoms with Gasteiger partial charge in [0.05, 0.1) is 6.54 Å². The molecule has 0 saturated carbocycles. The maximum Gasteiger partial charge on any atom is 0.412 e. The van der Waals surface area contributed by atoms with Gasteiger partial charge in [-0.1, -0.05) is 24.3 Å². The molecular weight excluding hydrogens is 356 g/mol. The Balaban J connectivity index is 1.92. The molecule has 0 fully saturated rings. The molecule has 0 unspecified atom stereocenters. The maximum atomic E-state index is 12.6. The third kappa shape index (κ3) is 6.61. The first-order chi connectivity index (χ1) is 13.2. The number of anilines is 1. The first-order valence-corrected chi connectivity index (χ1v) is 9.20. The van der Waals surface area contributed by atoms with Crippen LogP contribution < -0.4 is 10.1 Å². The molecule has 0 aromatic heterocycles. The Morgan fingerprint density at radius 2 is 1.79 bits per heavy atom. The molecule has 2 amide bonds. The van der Waals surface area contributed by atoms with Crippen molar-refractivity contribution in [2.24, 2.45) is 0 Å². The smallest absolute Gasteiger partial charge is 0.412 e. The molecule has 0 radical (unpaired) electrons. The molecule has 0 bridgehead atoms. The molecule has 0 aliphatic carbocycles. The zero-order valence-electron chi connectivity index (χ0n) is 17.1. The van der Waals surface area contributed by atoms with Crippen molar-refractivity contribution >= 4 is 17.7 Å². The fourth-order valence-corrected chi connectivity index (χ4v) is 2.48. The highest BCUT2D eigenvalue weighted by molar-refractivity contribution is 5.96. The van der Waals surface area contributed by atoms with Crippen LogP contribution in [-0.4, -0.2) is 42.7 Å². The van der Waals surface area contributed by atoms with E-state index in [4.69, 9.17) is 9.47 Å². The Bertz CT molecular complexity index is 827. The Morgan fingerprint density at radius 1 is 1.07 bits per heavy atom. The van der Waals surface area contributed by atoms with E-state index in [1.807, 2.05) is 31.2 Å². The summed E-state index contributed by atoms with van der Waals surface area (Å²) in [4.78, 5) is 26.1. The summed E-state index contributed by atoms with van der Waals surface area (Å²) >= 11 is 0. The van der Waals surface area contributed by atoms with Crippen molar-refractivity contribution in [3.63, 3.8) is 0 Å². The number of hydrogen-bond acceptors (Lipinski definition) is 4. The normalized spacial score (nSPS) is 10.9. The second-order valence-corrected chi connectivity index (χ2v) is 7.55. The average molecular weight is 384 g/mol. The summed E-state index contributed by atoms with van der Waals surface area (Å²) < 4.78 is 11.0. The van der Waals surface area contributed by atoms with Crippen molar-refractivity contribution in [1.29, 1.82) is 0 Å². The molecule has 1 N–H and O–H groups in total. The van der Waals surface area contributed by atoms with Crippen molar-refractivity contribution in [3.8, 4) is 5.75 Å². The number of nitrogens with zero attached hydrogens (tertiary/aromatic N) is 1. The van der Waals surface area contributed by atoms with E-state index in [2.05, 4.69) is 5.32 Å². The van der Waals surface area contributed by atoms with Gasteiger partial charge in [0.2, 0.25) is 0 Å². The van der Waals surface area contributed by atoms with Crippen LogP contribution in [0.25, 0.3) is 0 Å². The van der Waals surface area contributed by atoms with E-state index in [0.29, 0.717) is 24.4 Å². The van der Waals surface area contributed by atoms with Crippen LogP contribution in [0, 0.1) is 6.92 Å². The summed E-state index contributed by atoms with van der Waals surface area (Å²) in [6.07, 6.45) is -0.558. The number of hydrogen-bond donors (Lipinski definition) is 1. The predicted octanol–water partition coefficient (Wildman–Crippen LogP) is 4.49. The van der Waals surface area contributed by atoms with Gasteiger partial charge >= 0.3 is 6.09 Å². The molecule has 0 atom stereocenters. The summed E-state index contributed by atoms with van der Waals surface area (Å²) in [5, 5.41) is 2.65. The molecular formula is C22H28N2O4. The number of carbonyl (C=O) groups is 2. The fraction of sp³-hybridized carbons (Fsp3) is 0.364. The van der Waals surface area contributed by atoms with E-state index in [-0.39, 0.29) is 5.91 Å². The van der Waals surface area contributed by atoms with Crippen LogP contribution in [0.4, 0.5) is 10.5 Å². The highest BCUT2D eigenvalue weighted by Gasteiger charge is 2.17. The number of carbonyl (C=O) groups excluding carboxylic acids is 2. The summed E-state index contributed by atoms with van der Waals surface area (Å²) in [7, 11) is 1.72. The Hall–Kier alpha value is -3.02. The van der Waals surface area contributed by atoms with Gasteiger partial charge in [-0.2, -0.15) is 0 Å². The van der Waals surface area contributed by atoms with Gasteiger partial charge in [-0.05, 0) is 57.5 Å². The summed E-state index contributed by atoms with van der Waals surface area (Å²) in [6.45, 7) is 8.19. The number of para-hydroxylation sites is 1. The van der Waals surface area contributed by atoms with Crippen LogP contribution >= 0.6 is 0 Å². The topological polar surface area (TPSA) is 67.9 Å². The Morgan fingerprint density at radius 3 is 2.46 bits per heavy atom. The molecule has 2 aromatic carbocycles. The highest BCUT2D eigenvalue weighted by atomic mass is 16.6. The fourth-order valence-electron chi connectivity index (χ4n) is 2.48. The SMILES string of the molecule is Cc1ccccc1OCCN(C)C(=O)c1cccc(NC(=O)OC(C)(C)C)c1. The van der Waals surface area contributed by atoms with Crippen molar-refractivity contribution in [2.75, 3.05) is 25.5 Å². The number of rotatable bonds is 6. The van der Waals surface area contributed by atoms with Gasteiger partial charge in [-0.3, -0.25) is 10.1 Å². The molecule has 0 spiro atoms. The lowest BCUT2D eigenvalue weighted by Gasteiger charge is -2.20. The van der Waals surface area contributed by atoms with Gasteiger partial charge in [0, 0.05) is 18.3 Å². The average Bonchev–Trinajstić information content (AvgIpc) is 2.61. The standard InChI is InChI=1S/C22H28N2O4/c1-16-9-6-7-12-19(16)27-14-13-24(5)20(25)17-10-8-11-18(15-17)23-21(26)28-22(2,3)4/h6-12,15H,13-14H2,1-5H3,(H,23,26). The third-order valence-electron chi connectivity index (χ3n) is 3.88. The molecule has 0 heterocycles. The van der Waals surface area contributed by atoms with Crippen molar-refractivity contribution in [2.45, 2.75) is 33.3 Å². The minimum atomic E-state index is -0.588. The van der Waals surface area contributed by atoms with Gasteiger partial charge in [0.1, 0.15) is 18.0 Å². The van der Waals surface area contributed by atoms with Gasteiger partial charge in [0.15, 0.2) is 0 Å². The first kappa shape index (κ1) is 21.3. The van der Waals surface area contributed by atoms with Crippen molar-refractivity contribution < 1.29 is 19.1 Å². The van der Waals surface area contributed by atoms with Crippen LogP contribution in [0.3, 0.4) is 0 Å². The number of likely N-dealkylation sites (N-methyl/N-ethyl adjacent to an activating group) is 1. The van der Waals surface area contributed by atoms with Gasteiger partial charge in [0.25, 0.3) is 5.91 Å². The van der Waals surface area contributed by atoms with E-state index < -0.39 is 11.7 Å². The minimum absolute atomic E-state index is 0.152. The third-order valence-corrected chi connectivity index (χ3v) is 3.88. The van der Waals surface area contributed by atoms with Crippen LogP contribution in [0.5, 0.6) is 5.75 Å². The molecule has 28 heavy (non-hydrogen) atoms. The quantitative estimate of drug-likeness (QED) is 0.797. The number of aryl methyl sites for hydroxylation is 1. The lowest BCUT2D eigenvalue weighted by molar-refractivity contribution is 0.0635. The second-order valence-electron chi connectivity index (χ2n) is 7.55. The molecule has 0 saturated heterocycles. The zero-order chi connectivity index (χ0) is 20.7. The van der Waals surface area contributed by atoms with E-state index >= 15 is 0 Å².